The minimum absolute atomic E-state index is 0.336. The van der Waals surface area contributed by atoms with Crippen LogP contribution in [0.5, 0.6) is 0 Å². The van der Waals surface area contributed by atoms with Crippen LogP contribution in [0.15, 0.2) is 0 Å². The number of ether oxygens (including phenoxy) is 1. The molecule has 3 heteroatoms. The molecule has 1 unspecified atom stereocenters. The molecule has 1 rings (SSSR count). The fourth-order valence-electron chi connectivity index (χ4n) is 1.91. The second-order valence-electron chi connectivity index (χ2n) is 4.70. The molecule has 1 N–H and O–H groups in total. The first-order valence-corrected chi connectivity index (χ1v) is 6.50. The summed E-state index contributed by atoms with van der Waals surface area (Å²) >= 11 is 0. The molecule has 0 aromatic rings. The van der Waals surface area contributed by atoms with Crippen LogP contribution < -0.4 is 5.32 Å². The van der Waals surface area contributed by atoms with Crippen molar-refractivity contribution in [2.24, 2.45) is 5.92 Å². The maximum atomic E-state index is 9.21. The van der Waals surface area contributed by atoms with Gasteiger partial charge in [-0.3, -0.25) is 5.32 Å². The van der Waals surface area contributed by atoms with Gasteiger partial charge in [0.05, 0.1) is 6.07 Å². The van der Waals surface area contributed by atoms with Crippen LogP contribution in [-0.2, 0) is 4.74 Å². The molecule has 0 amide bonds. The van der Waals surface area contributed by atoms with Gasteiger partial charge in [-0.25, -0.2) is 0 Å². The second-order valence-corrected chi connectivity index (χ2v) is 4.70. The number of nitriles is 1. The molecule has 0 radical (unpaired) electrons. The van der Waals surface area contributed by atoms with Gasteiger partial charge in [0.15, 0.2) is 0 Å². The van der Waals surface area contributed by atoms with E-state index >= 15 is 0 Å². The standard InChI is InChI=1S/C13H24N2O/c1-3-13(11-14,15-4-2)8-5-9-16-10-12-6-7-12/h12,15H,3-10H2,1-2H3. The maximum Gasteiger partial charge on any atom is 0.106 e. The zero-order valence-electron chi connectivity index (χ0n) is 10.6. The Hall–Kier alpha value is -0.590. The molecule has 0 aliphatic heterocycles. The monoisotopic (exact) mass is 224 g/mol. The largest absolute Gasteiger partial charge is 0.381 e. The van der Waals surface area contributed by atoms with Gasteiger partial charge < -0.3 is 4.74 Å². The minimum Gasteiger partial charge on any atom is -0.381 e. The van der Waals surface area contributed by atoms with Gasteiger partial charge in [-0.05, 0) is 44.6 Å². The van der Waals surface area contributed by atoms with Gasteiger partial charge >= 0.3 is 0 Å². The van der Waals surface area contributed by atoms with E-state index in [0.29, 0.717) is 0 Å². The molecule has 1 aliphatic carbocycles. The molecule has 0 aromatic heterocycles. The summed E-state index contributed by atoms with van der Waals surface area (Å²) in [4.78, 5) is 0. The van der Waals surface area contributed by atoms with Crippen LogP contribution >= 0.6 is 0 Å². The molecular formula is C13H24N2O. The number of hydrogen-bond donors (Lipinski definition) is 1. The zero-order valence-corrected chi connectivity index (χ0v) is 10.6. The van der Waals surface area contributed by atoms with Gasteiger partial charge in [0.25, 0.3) is 0 Å². The topological polar surface area (TPSA) is 45.0 Å². The highest BCUT2D eigenvalue weighted by Crippen LogP contribution is 2.28. The number of rotatable bonds is 9. The number of nitrogens with zero attached hydrogens (tertiary/aromatic N) is 1. The summed E-state index contributed by atoms with van der Waals surface area (Å²) in [6.07, 6.45) is 5.41. The molecule has 92 valence electrons. The second kappa shape index (κ2) is 6.88. The van der Waals surface area contributed by atoms with E-state index in [0.717, 1.165) is 44.9 Å². The molecular weight excluding hydrogens is 200 g/mol. The highest BCUT2D eigenvalue weighted by atomic mass is 16.5. The van der Waals surface area contributed by atoms with Crippen molar-refractivity contribution in [3.05, 3.63) is 0 Å². The van der Waals surface area contributed by atoms with Gasteiger partial charge in [-0.1, -0.05) is 13.8 Å². The summed E-state index contributed by atoms with van der Waals surface area (Å²) in [5.41, 5.74) is -0.336. The van der Waals surface area contributed by atoms with Crippen LogP contribution in [0, 0.1) is 17.2 Å². The van der Waals surface area contributed by atoms with E-state index < -0.39 is 0 Å². The summed E-state index contributed by atoms with van der Waals surface area (Å²) in [5.74, 6) is 0.834. The Kier molecular flexibility index (Phi) is 5.79. The Bertz CT molecular complexity index is 233. The fourth-order valence-corrected chi connectivity index (χ4v) is 1.91. The Morgan fingerprint density at radius 1 is 1.44 bits per heavy atom. The van der Waals surface area contributed by atoms with Gasteiger partial charge in [0.1, 0.15) is 5.54 Å². The highest BCUT2D eigenvalue weighted by molar-refractivity contribution is 5.05. The fraction of sp³-hybridized carbons (Fsp3) is 0.923. The van der Waals surface area contributed by atoms with Crippen LogP contribution in [0.1, 0.15) is 46.0 Å². The van der Waals surface area contributed by atoms with E-state index in [1.165, 1.54) is 12.8 Å². The van der Waals surface area contributed by atoms with Crippen molar-refractivity contribution in [2.75, 3.05) is 19.8 Å². The lowest BCUT2D eigenvalue weighted by Gasteiger charge is -2.25. The molecule has 16 heavy (non-hydrogen) atoms. The summed E-state index contributed by atoms with van der Waals surface area (Å²) < 4.78 is 5.58. The third kappa shape index (κ3) is 4.51. The van der Waals surface area contributed by atoms with E-state index in [1.54, 1.807) is 0 Å². The van der Waals surface area contributed by atoms with E-state index in [9.17, 15) is 5.26 Å². The van der Waals surface area contributed by atoms with E-state index in [4.69, 9.17) is 4.74 Å². The molecule has 0 spiro atoms. The average molecular weight is 224 g/mol. The first-order chi connectivity index (χ1) is 7.76. The first-order valence-electron chi connectivity index (χ1n) is 6.50. The van der Waals surface area contributed by atoms with Crippen LogP contribution in [-0.4, -0.2) is 25.3 Å². The lowest BCUT2D eigenvalue weighted by molar-refractivity contribution is 0.116. The highest BCUT2D eigenvalue weighted by Gasteiger charge is 2.26. The molecule has 0 heterocycles. The number of hydrogen-bond acceptors (Lipinski definition) is 3. The Morgan fingerprint density at radius 3 is 2.69 bits per heavy atom. The third-order valence-electron chi connectivity index (χ3n) is 3.28. The Balaban J connectivity index is 2.12. The SMILES string of the molecule is CCNC(C#N)(CC)CCCOCC1CC1. The normalized spacial score (nSPS) is 19.1. The van der Waals surface area contributed by atoms with Gasteiger partial charge in [-0.15, -0.1) is 0 Å². The molecule has 1 aliphatic rings. The van der Waals surface area contributed by atoms with Crippen molar-refractivity contribution in [1.29, 1.82) is 5.26 Å². The van der Waals surface area contributed by atoms with Gasteiger partial charge in [0, 0.05) is 13.2 Å². The molecule has 1 atom stereocenters. The van der Waals surface area contributed by atoms with E-state index in [2.05, 4.69) is 18.3 Å². The van der Waals surface area contributed by atoms with Crippen molar-refractivity contribution in [3.8, 4) is 6.07 Å². The van der Waals surface area contributed by atoms with Gasteiger partial charge in [0.2, 0.25) is 0 Å². The molecule has 0 saturated heterocycles. The van der Waals surface area contributed by atoms with Crippen LogP contribution in [0.3, 0.4) is 0 Å². The molecule has 0 bridgehead atoms. The quantitative estimate of drug-likeness (QED) is 0.612. The summed E-state index contributed by atoms with van der Waals surface area (Å²) in [5, 5.41) is 12.5. The molecule has 0 aromatic carbocycles. The van der Waals surface area contributed by atoms with Crippen molar-refractivity contribution in [2.45, 2.75) is 51.5 Å². The van der Waals surface area contributed by atoms with Crippen molar-refractivity contribution in [1.82, 2.24) is 5.32 Å². The summed E-state index contributed by atoms with van der Waals surface area (Å²) in [6, 6.07) is 2.41. The van der Waals surface area contributed by atoms with Crippen LogP contribution in [0.4, 0.5) is 0 Å². The lowest BCUT2D eigenvalue weighted by atomic mass is 9.92. The molecule has 1 saturated carbocycles. The molecule has 1 fully saturated rings. The predicted octanol–water partition coefficient (Wildman–Crippen LogP) is 2.48. The van der Waals surface area contributed by atoms with Crippen molar-refractivity contribution >= 4 is 0 Å². The van der Waals surface area contributed by atoms with Crippen LogP contribution in [0.25, 0.3) is 0 Å². The van der Waals surface area contributed by atoms with E-state index in [-0.39, 0.29) is 5.54 Å². The van der Waals surface area contributed by atoms with Crippen molar-refractivity contribution in [3.63, 3.8) is 0 Å². The Morgan fingerprint density at radius 2 is 2.19 bits per heavy atom. The summed E-state index contributed by atoms with van der Waals surface area (Å²) in [6.45, 7) is 6.69. The van der Waals surface area contributed by atoms with Crippen molar-refractivity contribution < 1.29 is 4.74 Å². The Labute approximate surface area is 99.2 Å². The smallest absolute Gasteiger partial charge is 0.106 e. The first kappa shape index (κ1) is 13.5. The van der Waals surface area contributed by atoms with Gasteiger partial charge in [-0.2, -0.15) is 5.26 Å². The predicted molar refractivity (Wildman–Crippen MR) is 65.1 cm³/mol. The van der Waals surface area contributed by atoms with E-state index in [1.807, 2.05) is 6.92 Å². The minimum atomic E-state index is -0.336. The summed E-state index contributed by atoms with van der Waals surface area (Å²) in [7, 11) is 0. The average Bonchev–Trinajstić information content (AvgIpc) is 3.11. The number of nitrogens with one attached hydrogen (secondary N) is 1. The third-order valence-corrected chi connectivity index (χ3v) is 3.28. The van der Waals surface area contributed by atoms with Crippen LogP contribution in [0.2, 0.25) is 0 Å². The zero-order chi connectivity index (χ0) is 11.9. The molecule has 3 nitrogen and oxygen atoms in total. The lowest BCUT2D eigenvalue weighted by Crippen LogP contribution is -2.43. The maximum absolute atomic E-state index is 9.21.